The summed E-state index contributed by atoms with van der Waals surface area (Å²) < 4.78 is 5.57. The van der Waals surface area contributed by atoms with Crippen LogP contribution >= 0.6 is 0 Å². The summed E-state index contributed by atoms with van der Waals surface area (Å²) in [4.78, 5) is 21.7. The number of nitrogens with zero attached hydrogens (tertiary/aromatic N) is 3. The number of piperidine rings is 1. The summed E-state index contributed by atoms with van der Waals surface area (Å²) in [6, 6.07) is 12.1. The van der Waals surface area contributed by atoms with E-state index in [1.165, 1.54) is 24.8 Å². The molecule has 0 unspecified atom stereocenters. The van der Waals surface area contributed by atoms with Crippen LogP contribution in [0.15, 0.2) is 42.6 Å². The Hall–Kier alpha value is -2.56. The summed E-state index contributed by atoms with van der Waals surface area (Å²) in [5, 5.41) is 0. The molecule has 5 nitrogen and oxygen atoms in total. The van der Waals surface area contributed by atoms with E-state index >= 15 is 0 Å². The molecule has 2 aliphatic rings. The number of rotatable bonds is 4. The number of carbonyl (C=O) groups is 1. The average molecular weight is 380 g/mol. The van der Waals surface area contributed by atoms with Crippen LogP contribution in [0.4, 0.5) is 10.6 Å². The zero-order valence-electron chi connectivity index (χ0n) is 16.6. The van der Waals surface area contributed by atoms with E-state index in [1.54, 1.807) is 0 Å². The molecule has 2 aromatic rings. The number of aryl methyl sites for hydroxylation is 1. The van der Waals surface area contributed by atoms with E-state index in [4.69, 9.17) is 9.72 Å². The first-order chi connectivity index (χ1) is 13.7. The Labute approximate surface area is 167 Å². The highest BCUT2D eigenvalue weighted by molar-refractivity contribution is 5.69. The summed E-state index contributed by atoms with van der Waals surface area (Å²) in [6.45, 7) is 5.37. The third-order valence-electron chi connectivity index (χ3n) is 5.80. The lowest BCUT2D eigenvalue weighted by atomic mass is 10.0. The van der Waals surface area contributed by atoms with Crippen molar-refractivity contribution < 1.29 is 9.53 Å². The highest BCUT2D eigenvalue weighted by atomic mass is 16.6. The molecule has 5 heteroatoms. The minimum absolute atomic E-state index is 0.0601. The topological polar surface area (TPSA) is 45.7 Å². The molecule has 0 spiro atoms. The van der Waals surface area contributed by atoms with Crippen LogP contribution in [-0.2, 0) is 11.3 Å². The molecule has 1 atom stereocenters. The van der Waals surface area contributed by atoms with Crippen molar-refractivity contribution in [1.82, 2.24) is 9.88 Å². The molecule has 148 valence electrons. The molecule has 0 saturated carbocycles. The number of amides is 1. The maximum absolute atomic E-state index is 12.7. The van der Waals surface area contributed by atoms with E-state index in [-0.39, 0.29) is 12.1 Å². The number of benzene rings is 1. The number of ether oxygens (including phenoxy) is 1. The van der Waals surface area contributed by atoms with Gasteiger partial charge in [0, 0.05) is 25.8 Å². The van der Waals surface area contributed by atoms with Crippen LogP contribution in [0.5, 0.6) is 0 Å². The van der Waals surface area contributed by atoms with Gasteiger partial charge in [-0.25, -0.2) is 9.78 Å². The fourth-order valence-corrected chi connectivity index (χ4v) is 4.34. The zero-order valence-corrected chi connectivity index (χ0v) is 16.6. The number of hydrogen-bond acceptors (Lipinski definition) is 4. The van der Waals surface area contributed by atoms with Gasteiger partial charge in [-0.2, -0.15) is 0 Å². The van der Waals surface area contributed by atoms with Gasteiger partial charge in [0.15, 0.2) is 0 Å². The van der Waals surface area contributed by atoms with Gasteiger partial charge in [-0.1, -0.05) is 30.3 Å². The van der Waals surface area contributed by atoms with Gasteiger partial charge >= 0.3 is 6.09 Å². The van der Waals surface area contributed by atoms with Crippen LogP contribution in [-0.4, -0.2) is 35.6 Å². The van der Waals surface area contributed by atoms with Gasteiger partial charge in [0.25, 0.3) is 0 Å². The first-order valence-corrected chi connectivity index (χ1v) is 10.4. The van der Waals surface area contributed by atoms with Crippen LogP contribution in [0.3, 0.4) is 0 Å². The van der Waals surface area contributed by atoms with Gasteiger partial charge in [0.2, 0.25) is 0 Å². The second-order valence-corrected chi connectivity index (χ2v) is 7.85. The maximum atomic E-state index is 12.7. The molecule has 4 rings (SSSR count). The molecule has 2 aliphatic heterocycles. The minimum atomic E-state index is -0.232. The van der Waals surface area contributed by atoms with Gasteiger partial charge in [-0.05, 0) is 61.8 Å². The molecular weight excluding hydrogens is 350 g/mol. The van der Waals surface area contributed by atoms with E-state index < -0.39 is 0 Å². The monoisotopic (exact) mass is 379 g/mol. The molecule has 0 bridgehead atoms. The Morgan fingerprint density at radius 1 is 1.11 bits per heavy atom. The van der Waals surface area contributed by atoms with Crippen molar-refractivity contribution in [3.63, 3.8) is 0 Å². The van der Waals surface area contributed by atoms with Crippen molar-refractivity contribution in [3.8, 4) is 0 Å². The molecule has 3 heterocycles. The van der Waals surface area contributed by atoms with Gasteiger partial charge < -0.3 is 14.5 Å². The highest BCUT2D eigenvalue weighted by Gasteiger charge is 2.31. The molecule has 2 saturated heterocycles. The summed E-state index contributed by atoms with van der Waals surface area (Å²) in [6.07, 6.45) is 7.49. The van der Waals surface area contributed by atoms with Crippen LogP contribution in [0.25, 0.3) is 0 Å². The molecule has 2 fully saturated rings. The highest BCUT2D eigenvalue weighted by Crippen LogP contribution is 2.34. The Kier molecular flexibility index (Phi) is 5.79. The van der Waals surface area contributed by atoms with Crippen molar-refractivity contribution in [3.05, 3.63) is 59.3 Å². The van der Waals surface area contributed by atoms with Crippen LogP contribution in [0.1, 0.15) is 54.8 Å². The van der Waals surface area contributed by atoms with Crippen LogP contribution in [0.2, 0.25) is 0 Å². The largest absolute Gasteiger partial charge is 0.445 e. The minimum Gasteiger partial charge on any atom is -0.445 e. The number of pyridine rings is 1. The zero-order chi connectivity index (χ0) is 19.3. The first-order valence-electron chi connectivity index (χ1n) is 10.4. The standard InChI is InChI=1S/C23H29N3O2/c1-18-15-20(16-24-22(18)25-12-6-3-7-13-25)21-11-8-14-26(21)23(27)28-17-19-9-4-2-5-10-19/h2,4-5,9-10,15-16,21H,3,6-8,11-14,17H2,1H3/t21-/m0/s1. The number of aromatic nitrogens is 1. The summed E-state index contributed by atoms with van der Waals surface area (Å²) in [7, 11) is 0. The quantitative estimate of drug-likeness (QED) is 0.761. The lowest BCUT2D eigenvalue weighted by Crippen LogP contribution is -2.32. The van der Waals surface area contributed by atoms with Crippen molar-refractivity contribution in [1.29, 1.82) is 0 Å². The summed E-state index contributed by atoms with van der Waals surface area (Å²) in [5.74, 6) is 1.10. The Balaban J connectivity index is 1.43. The number of anilines is 1. The third kappa shape index (κ3) is 4.13. The molecule has 1 aromatic carbocycles. The molecular formula is C23H29N3O2. The van der Waals surface area contributed by atoms with E-state index in [0.717, 1.165) is 49.4 Å². The van der Waals surface area contributed by atoms with Crippen LogP contribution < -0.4 is 4.90 Å². The molecule has 28 heavy (non-hydrogen) atoms. The Morgan fingerprint density at radius 3 is 2.64 bits per heavy atom. The molecule has 0 aliphatic carbocycles. The van der Waals surface area contributed by atoms with E-state index in [1.807, 2.05) is 41.4 Å². The van der Waals surface area contributed by atoms with E-state index in [9.17, 15) is 4.79 Å². The SMILES string of the molecule is Cc1cc([C@@H]2CCCN2C(=O)OCc2ccccc2)cnc1N1CCCCC1. The lowest BCUT2D eigenvalue weighted by molar-refractivity contribution is 0.0920. The molecule has 0 N–H and O–H groups in total. The predicted octanol–water partition coefficient (Wildman–Crippen LogP) is 4.85. The second-order valence-electron chi connectivity index (χ2n) is 7.85. The smallest absolute Gasteiger partial charge is 0.410 e. The molecule has 1 aromatic heterocycles. The maximum Gasteiger partial charge on any atom is 0.410 e. The van der Waals surface area contributed by atoms with Gasteiger partial charge in [0.05, 0.1) is 6.04 Å². The number of carbonyl (C=O) groups excluding carboxylic acids is 1. The van der Waals surface area contributed by atoms with Crippen molar-refractivity contribution in [2.24, 2.45) is 0 Å². The predicted molar refractivity (Wildman–Crippen MR) is 110 cm³/mol. The Morgan fingerprint density at radius 2 is 1.89 bits per heavy atom. The van der Waals surface area contributed by atoms with Gasteiger partial charge in [-0.3, -0.25) is 0 Å². The lowest BCUT2D eigenvalue weighted by Gasteiger charge is -2.30. The van der Waals surface area contributed by atoms with Gasteiger partial charge in [-0.15, -0.1) is 0 Å². The second kappa shape index (κ2) is 8.63. The van der Waals surface area contributed by atoms with Gasteiger partial charge in [0.1, 0.15) is 12.4 Å². The van der Waals surface area contributed by atoms with E-state index in [2.05, 4.69) is 17.9 Å². The Bertz CT molecular complexity index is 803. The molecule has 0 radical (unpaired) electrons. The average Bonchev–Trinajstić information content (AvgIpc) is 3.23. The number of likely N-dealkylation sites (tertiary alicyclic amines) is 1. The van der Waals surface area contributed by atoms with Crippen molar-refractivity contribution in [2.45, 2.75) is 51.7 Å². The third-order valence-corrected chi connectivity index (χ3v) is 5.80. The summed E-state index contributed by atoms with van der Waals surface area (Å²) >= 11 is 0. The number of hydrogen-bond donors (Lipinski definition) is 0. The van der Waals surface area contributed by atoms with Crippen molar-refractivity contribution >= 4 is 11.9 Å². The molecule has 1 amide bonds. The first kappa shape index (κ1) is 18.8. The van der Waals surface area contributed by atoms with E-state index in [0.29, 0.717) is 6.61 Å². The summed E-state index contributed by atoms with van der Waals surface area (Å²) in [5.41, 5.74) is 3.33. The fourth-order valence-electron chi connectivity index (χ4n) is 4.34. The van der Waals surface area contributed by atoms with Crippen molar-refractivity contribution in [2.75, 3.05) is 24.5 Å². The fraction of sp³-hybridized carbons (Fsp3) is 0.478. The van der Waals surface area contributed by atoms with Crippen LogP contribution in [0, 0.1) is 6.92 Å². The normalized spacial score (nSPS) is 19.7.